The van der Waals surface area contributed by atoms with Gasteiger partial charge in [-0.2, -0.15) is 0 Å². The van der Waals surface area contributed by atoms with Gasteiger partial charge in [0, 0.05) is 18.3 Å². The summed E-state index contributed by atoms with van der Waals surface area (Å²) in [5.41, 5.74) is 0. The van der Waals surface area contributed by atoms with Crippen LogP contribution in [0, 0.1) is 5.92 Å². The molecule has 1 N–H and O–H groups in total. The van der Waals surface area contributed by atoms with E-state index in [9.17, 15) is 8.42 Å². The summed E-state index contributed by atoms with van der Waals surface area (Å²) in [4.78, 5) is 2.56. The van der Waals surface area contributed by atoms with Crippen LogP contribution in [0.25, 0.3) is 0 Å². The molecule has 1 saturated heterocycles. The molecule has 0 aromatic heterocycles. The molecule has 124 valence electrons. The molecule has 0 spiro atoms. The fourth-order valence-electron chi connectivity index (χ4n) is 4.11. The van der Waals surface area contributed by atoms with Gasteiger partial charge in [0.2, 0.25) is 0 Å². The zero-order chi connectivity index (χ0) is 15.5. The average molecular weight is 317 g/mol. The van der Waals surface area contributed by atoms with Crippen LogP contribution in [0.3, 0.4) is 0 Å². The molecule has 4 nitrogen and oxygen atoms in total. The Hall–Kier alpha value is -0.130. The third kappa shape index (κ3) is 4.67. The van der Waals surface area contributed by atoms with Gasteiger partial charge < -0.3 is 10.2 Å². The molecule has 1 heterocycles. The van der Waals surface area contributed by atoms with E-state index in [1.807, 2.05) is 0 Å². The van der Waals surface area contributed by atoms with E-state index in [1.165, 1.54) is 25.5 Å². The monoisotopic (exact) mass is 316 g/mol. The molecule has 2 aliphatic rings. The Kier molecular flexibility index (Phi) is 6.09. The molecule has 5 heteroatoms. The van der Waals surface area contributed by atoms with E-state index in [1.54, 1.807) is 0 Å². The number of nitrogens with zero attached hydrogens (tertiary/aromatic N) is 1. The molecule has 2 fully saturated rings. The first-order valence-electron chi connectivity index (χ1n) is 8.58. The molecule has 3 unspecified atom stereocenters. The SMILES string of the molecule is CCNC(C)C1CCN(C2CCCC(S(C)(=O)=O)C2)CC1. The topological polar surface area (TPSA) is 49.4 Å². The van der Waals surface area contributed by atoms with E-state index in [0.29, 0.717) is 12.1 Å². The third-order valence-corrected chi connectivity index (χ3v) is 7.17. The van der Waals surface area contributed by atoms with Gasteiger partial charge in [0.15, 0.2) is 0 Å². The second-order valence-electron chi connectivity index (χ2n) is 6.99. The third-order valence-electron chi connectivity index (χ3n) is 5.53. The first-order valence-corrected chi connectivity index (χ1v) is 10.5. The number of piperidine rings is 1. The molecular formula is C16H32N2O2S. The minimum atomic E-state index is -2.87. The number of hydrogen-bond acceptors (Lipinski definition) is 4. The lowest BCUT2D eigenvalue weighted by molar-refractivity contribution is 0.0976. The number of sulfone groups is 1. The smallest absolute Gasteiger partial charge is 0.150 e. The summed E-state index contributed by atoms with van der Waals surface area (Å²) in [5.74, 6) is 0.774. The van der Waals surface area contributed by atoms with Crippen LogP contribution in [0.2, 0.25) is 0 Å². The summed E-state index contributed by atoms with van der Waals surface area (Å²) < 4.78 is 23.6. The highest BCUT2D eigenvalue weighted by Crippen LogP contribution is 2.30. The molecule has 0 bridgehead atoms. The number of hydrogen-bond donors (Lipinski definition) is 1. The minimum absolute atomic E-state index is 0.102. The Morgan fingerprint density at radius 1 is 1.19 bits per heavy atom. The summed E-state index contributed by atoms with van der Waals surface area (Å²) >= 11 is 0. The Bertz CT molecular complexity index is 416. The van der Waals surface area contributed by atoms with E-state index in [-0.39, 0.29) is 5.25 Å². The highest BCUT2D eigenvalue weighted by molar-refractivity contribution is 7.91. The lowest BCUT2D eigenvalue weighted by Gasteiger charge is -2.42. The van der Waals surface area contributed by atoms with Crippen LogP contribution in [-0.4, -0.2) is 56.5 Å². The van der Waals surface area contributed by atoms with Crippen LogP contribution in [0.5, 0.6) is 0 Å². The maximum Gasteiger partial charge on any atom is 0.150 e. The molecule has 1 saturated carbocycles. The summed E-state index contributed by atoms with van der Waals surface area (Å²) in [6.07, 6.45) is 7.86. The van der Waals surface area contributed by atoms with E-state index in [4.69, 9.17) is 0 Å². The molecule has 0 radical (unpaired) electrons. The van der Waals surface area contributed by atoms with Gasteiger partial charge in [0.05, 0.1) is 5.25 Å². The summed E-state index contributed by atoms with van der Waals surface area (Å²) in [6, 6.07) is 1.10. The van der Waals surface area contributed by atoms with E-state index < -0.39 is 9.84 Å². The van der Waals surface area contributed by atoms with Crippen LogP contribution < -0.4 is 5.32 Å². The van der Waals surface area contributed by atoms with Crippen LogP contribution in [0.4, 0.5) is 0 Å². The van der Waals surface area contributed by atoms with Crippen molar-refractivity contribution in [1.29, 1.82) is 0 Å². The average Bonchev–Trinajstić information content (AvgIpc) is 2.47. The molecule has 1 aliphatic carbocycles. The number of rotatable bonds is 5. The number of likely N-dealkylation sites (tertiary alicyclic amines) is 1. The van der Waals surface area contributed by atoms with Crippen molar-refractivity contribution in [3.8, 4) is 0 Å². The van der Waals surface area contributed by atoms with Crippen molar-refractivity contribution in [3.05, 3.63) is 0 Å². The summed E-state index contributed by atoms with van der Waals surface area (Å²) in [5, 5.41) is 3.44. The van der Waals surface area contributed by atoms with Gasteiger partial charge in [0.25, 0.3) is 0 Å². The van der Waals surface area contributed by atoms with Gasteiger partial charge in [-0.05, 0) is 64.6 Å². The fraction of sp³-hybridized carbons (Fsp3) is 1.00. The first-order chi connectivity index (χ1) is 9.91. The highest BCUT2D eigenvalue weighted by atomic mass is 32.2. The largest absolute Gasteiger partial charge is 0.314 e. The zero-order valence-electron chi connectivity index (χ0n) is 13.8. The summed E-state index contributed by atoms with van der Waals surface area (Å²) in [7, 11) is -2.87. The van der Waals surface area contributed by atoms with E-state index >= 15 is 0 Å². The van der Waals surface area contributed by atoms with Gasteiger partial charge in [-0.1, -0.05) is 13.3 Å². The lowest BCUT2D eigenvalue weighted by Crippen LogP contribution is -2.48. The van der Waals surface area contributed by atoms with Gasteiger partial charge in [-0.3, -0.25) is 0 Å². The van der Waals surface area contributed by atoms with Crippen LogP contribution >= 0.6 is 0 Å². The number of nitrogens with one attached hydrogen (secondary N) is 1. The standard InChI is InChI=1S/C16H32N2O2S/c1-4-17-13(2)14-8-10-18(11-9-14)15-6-5-7-16(12-15)21(3,19)20/h13-17H,4-12H2,1-3H3. The minimum Gasteiger partial charge on any atom is -0.314 e. The predicted octanol–water partition coefficient (Wildman–Crippen LogP) is 2.05. The van der Waals surface area contributed by atoms with Crippen molar-refractivity contribution in [3.63, 3.8) is 0 Å². The Morgan fingerprint density at radius 3 is 2.43 bits per heavy atom. The molecule has 3 atom stereocenters. The van der Waals surface area contributed by atoms with E-state index in [2.05, 4.69) is 24.1 Å². The summed E-state index contributed by atoms with van der Waals surface area (Å²) in [6.45, 7) is 7.78. The molecule has 0 amide bonds. The van der Waals surface area contributed by atoms with Crippen molar-refractivity contribution >= 4 is 9.84 Å². The van der Waals surface area contributed by atoms with Crippen molar-refractivity contribution in [2.75, 3.05) is 25.9 Å². The van der Waals surface area contributed by atoms with Gasteiger partial charge in [-0.15, -0.1) is 0 Å². The second kappa shape index (κ2) is 7.42. The molecule has 21 heavy (non-hydrogen) atoms. The molecule has 0 aromatic rings. The van der Waals surface area contributed by atoms with Gasteiger partial charge >= 0.3 is 0 Å². The zero-order valence-corrected chi connectivity index (χ0v) is 14.7. The van der Waals surface area contributed by atoms with Crippen LogP contribution in [-0.2, 0) is 9.84 Å². The van der Waals surface area contributed by atoms with Crippen molar-refractivity contribution in [2.24, 2.45) is 5.92 Å². The Morgan fingerprint density at radius 2 is 1.86 bits per heavy atom. The predicted molar refractivity (Wildman–Crippen MR) is 88.3 cm³/mol. The van der Waals surface area contributed by atoms with Gasteiger partial charge in [0.1, 0.15) is 9.84 Å². The molecule has 0 aromatic carbocycles. The first kappa shape index (κ1) is 17.2. The van der Waals surface area contributed by atoms with E-state index in [0.717, 1.165) is 44.8 Å². The quantitative estimate of drug-likeness (QED) is 0.843. The Balaban J connectivity index is 1.84. The second-order valence-corrected chi connectivity index (χ2v) is 9.32. The van der Waals surface area contributed by atoms with Crippen molar-refractivity contribution < 1.29 is 8.42 Å². The normalized spacial score (nSPS) is 31.2. The molecule has 2 rings (SSSR count). The maximum absolute atomic E-state index is 11.8. The fourth-order valence-corrected chi connectivity index (χ4v) is 5.28. The van der Waals surface area contributed by atoms with Crippen molar-refractivity contribution in [1.82, 2.24) is 10.2 Å². The lowest BCUT2D eigenvalue weighted by atomic mass is 9.87. The Labute approximate surface area is 130 Å². The van der Waals surface area contributed by atoms with Crippen LogP contribution in [0.15, 0.2) is 0 Å². The highest BCUT2D eigenvalue weighted by Gasteiger charge is 2.34. The van der Waals surface area contributed by atoms with Crippen LogP contribution in [0.1, 0.15) is 52.4 Å². The maximum atomic E-state index is 11.8. The van der Waals surface area contributed by atoms with Crippen molar-refractivity contribution in [2.45, 2.75) is 69.7 Å². The molecule has 1 aliphatic heterocycles. The molecular weight excluding hydrogens is 284 g/mol. The van der Waals surface area contributed by atoms with Gasteiger partial charge in [-0.25, -0.2) is 8.42 Å².